The number of piperidine rings is 1. The monoisotopic (exact) mass is 317 g/mol. The number of carbonyl (C=O) groups excluding carboxylic acids is 2. The first-order chi connectivity index (χ1) is 10.9. The number of amides is 2. The molecule has 2 rings (SSSR count). The van der Waals surface area contributed by atoms with Gasteiger partial charge in [-0.15, -0.1) is 0 Å². The van der Waals surface area contributed by atoms with Crippen LogP contribution < -0.4 is 0 Å². The van der Waals surface area contributed by atoms with Crippen LogP contribution in [0.1, 0.15) is 39.2 Å². The lowest BCUT2D eigenvalue weighted by Crippen LogP contribution is -2.52. The summed E-state index contributed by atoms with van der Waals surface area (Å²) in [6, 6.07) is 3.80. The van der Waals surface area contributed by atoms with Gasteiger partial charge in [-0.25, -0.2) is 0 Å². The van der Waals surface area contributed by atoms with E-state index in [2.05, 4.69) is 18.8 Å². The molecule has 0 spiro atoms. The van der Waals surface area contributed by atoms with Crippen LogP contribution >= 0.6 is 0 Å². The Labute approximate surface area is 138 Å². The van der Waals surface area contributed by atoms with E-state index in [0.717, 1.165) is 12.1 Å². The van der Waals surface area contributed by atoms with Crippen molar-refractivity contribution in [3.63, 3.8) is 0 Å². The summed E-state index contributed by atoms with van der Waals surface area (Å²) >= 11 is 0. The molecule has 1 saturated heterocycles. The van der Waals surface area contributed by atoms with E-state index in [4.69, 9.17) is 0 Å². The summed E-state index contributed by atoms with van der Waals surface area (Å²) in [5, 5.41) is 0. The molecule has 0 bridgehead atoms. The number of hydrogen-bond donors (Lipinski definition) is 0. The number of hydrogen-bond acceptors (Lipinski definition) is 3. The van der Waals surface area contributed by atoms with Crippen molar-refractivity contribution in [2.45, 2.75) is 46.2 Å². The topological polar surface area (TPSA) is 53.5 Å². The second-order valence-corrected chi connectivity index (χ2v) is 6.88. The Morgan fingerprint density at radius 3 is 2.83 bits per heavy atom. The van der Waals surface area contributed by atoms with Gasteiger partial charge in [-0.2, -0.15) is 0 Å². The highest BCUT2D eigenvalue weighted by Gasteiger charge is 2.38. The van der Waals surface area contributed by atoms with Crippen molar-refractivity contribution in [3.05, 3.63) is 30.1 Å². The van der Waals surface area contributed by atoms with Crippen LogP contribution in [0.3, 0.4) is 0 Å². The Morgan fingerprint density at radius 1 is 1.48 bits per heavy atom. The molecule has 5 nitrogen and oxygen atoms in total. The van der Waals surface area contributed by atoms with Crippen LogP contribution in [0.4, 0.5) is 0 Å². The largest absolute Gasteiger partial charge is 0.341 e. The zero-order valence-electron chi connectivity index (χ0n) is 14.5. The van der Waals surface area contributed by atoms with E-state index < -0.39 is 0 Å². The van der Waals surface area contributed by atoms with E-state index in [1.165, 1.54) is 0 Å². The van der Waals surface area contributed by atoms with Gasteiger partial charge in [-0.1, -0.05) is 19.9 Å². The highest BCUT2D eigenvalue weighted by Crippen LogP contribution is 2.27. The first kappa shape index (κ1) is 17.4. The summed E-state index contributed by atoms with van der Waals surface area (Å²) in [6.45, 7) is 7.46. The maximum atomic E-state index is 12.8. The van der Waals surface area contributed by atoms with Crippen LogP contribution in [0.25, 0.3) is 0 Å². The first-order valence-corrected chi connectivity index (χ1v) is 8.33. The maximum Gasteiger partial charge on any atom is 0.227 e. The SMILES string of the molecule is CC(C)CN1C(=O)CC[C@@H](C(=O)N(C)Cc2cccnc2)[C@H]1C. The molecule has 0 N–H and O–H groups in total. The lowest BCUT2D eigenvalue weighted by molar-refractivity contribution is -0.147. The summed E-state index contributed by atoms with van der Waals surface area (Å²) in [7, 11) is 1.82. The molecule has 1 aromatic rings. The van der Waals surface area contributed by atoms with E-state index in [9.17, 15) is 9.59 Å². The molecule has 1 aliphatic heterocycles. The van der Waals surface area contributed by atoms with Gasteiger partial charge in [0, 0.05) is 45.0 Å². The molecule has 1 aromatic heterocycles. The third-order valence-corrected chi connectivity index (χ3v) is 4.46. The van der Waals surface area contributed by atoms with Gasteiger partial charge in [0.2, 0.25) is 11.8 Å². The van der Waals surface area contributed by atoms with Crippen LogP contribution in [0.5, 0.6) is 0 Å². The van der Waals surface area contributed by atoms with Crippen molar-refractivity contribution in [1.82, 2.24) is 14.8 Å². The third kappa shape index (κ3) is 4.30. The Bertz CT molecular complexity index is 544. The van der Waals surface area contributed by atoms with Crippen LogP contribution in [0.2, 0.25) is 0 Å². The molecule has 2 heterocycles. The third-order valence-electron chi connectivity index (χ3n) is 4.46. The second-order valence-electron chi connectivity index (χ2n) is 6.88. The fourth-order valence-electron chi connectivity index (χ4n) is 3.23. The van der Waals surface area contributed by atoms with Gasteiger partial charge in [0.05, 0.1) is 5.92 Å². The smallest absolute Gasteiger partial charge is 0.227 e. The number of rotatable bonds is 5. The van der Waals surface area contributed by atoms with Gasteiger partial charge < -0.3 is 9.80 Å². The van der Waals surface area contributed by atoms with Crippen molar-refractivity contribution in [2.24, 2.45) is 11.8 Å². The molecule has 0 saturated carbocycles. The van der Waals surface area contributed by atoms with Crippen LogP contribution in [-0.2, 0) is 16.1 Å². The predicted octanol–water partition coefficient (Wildman–Crippen LogP) is 2.32. The molecule has 5 heteroatoms. The molecule has 0 aliphatic carbocycles. The van der Waals surface area contributed by atoms with E-state index in [0.29, 0.717) is 25.3 Å². The van der Waals surface area contributed by atoms with Crippen molar-refractivity contribution in [1.29, 1.82) is 0 Å². The molecule has 0 aromatic carbocycles. The first-order valence-electron chi connectivity index (χ1n) is 8.33. The van der Waals surface area contributed by atoms with E-state index in [1.807, 2.05) is 31.0 Å². The predicted molar refractivity (Wildman–Crippen MR) is 89.4 cm³/mol. The molecular weight excluding hydrogens is 290 g/mol. The standard InChI is InChI=1S/C18H27N3O2/c1-13(2)11-21-14(3)16(7-8-17(21)22)18(23)20(4)12-15-6-5-9-19-10-15/h5-6,9-10,13-14,16H,7-8,11-12H2,1-4H3/t14-,16-/m1/s1. The number of aromatic nitrogens is 1. The quantitative estimate of drug-likeness (QED) is 0.837. The highest BCUT2D eigenvalue weighted by atomic mass is 16.2. The molecular formula is C18H27N3O2. The van der Waals surface area contributed by atoms with Gasteiger partial charge >= 0.3 is 0 Å². The molecule has 0 radical (unpaired) electrons. The van der Waals surface area contributed by atoms with Gasteiger partial charge in [-0.3, -0.25) is 14.6 Å². The summed E-state index contributed by atoms with van der Waals surface area (Å²) in [4.78, 5) is 32.7. The molecule has 23 heavy (non-hydrogen) atoms. The Balaban J connectivity index is 2.04. The summed E-state index contributed by atoms with van der Waals surface area (Å²) < 4.78 is 0. The number of nitrogens with zero attached hydrogens (tertiary/aromatic N) is 3. The Hall–Kier alpha value is -1.91. The summed E-state index contributed by atoms with van der Waals surface area (Å²) in [6.07, 6.45) is 4.62. The van der Waals surface area contributed by atoms with Crippen LogP contribution in [0, 0.1) is 11.8 Å². The van der Waals surface area contributed by atoms with Gasteiger partial charge in [0.25, 0.3) is 0 Å². The number of carbonyl (C=O) groups is 2. The van der Waals surface area contributed by atoms with E-state index in [1.54, 1.807) is 17.3 Å². The van der Waals surface area contributed by atoms with Gasteiger partial charge in [0.15, 0.2) is 0 Å². The molecule has 0 unspecified atom stereocenters. The fourth-order valence-corrected chi connectivity index (χ4v) is 3.23. The van der Waals surface area contributed by atoms with Crippen LogP contribution in [-0.4, -0.2) is 46.2 Å². The van der Waals surface area contributed by atoms with E-state index >= 15 is 0 Å². The van der Waals surface area contributed by atoms with Gasteiger partial charge in [-0.05, 0) is 30.9 Å². The second kappa shape index (κ2) is 7.57. The highest BCUT2D eigenvalue weighted by molar-refractivity contribution is 5.84. The average Bonchev–Trinajstić information content (AvgIpc) is 2.51. The average molecular weight is 317 g/mol. The Morgan fingerprint density at radius 2 is 2.22 bits per heavy atom. The zero-order chi connectivity index (χ0) is 17.0. The van der Waals surface area contributed by atoms with Crippen molar-refractivity contribution < 1.29 is 9.59 Å². The van der Waals surface area contributed by atoms with Crippen molar-refractivity contribution >= 4 is 11.8 Å². The molecule has 2 atom stereocenters. The number of likely N-dealkylation sites (tertiary alicyclic amines) is 1. The molecule has 2 amide bonds. The lowest BCUT2D eigenvalue weighted by Gasteiger charge is -2.40. The fraction of sp³-hybridized carbons (Fsp3) is 0.611. The lowest BCUT2D eigenvalue weighted by atomic mass is 9.88. The zero-order valence-corrected chi connectivity index (χ0v) is 14.5. The minimum atomic E-state index is -0.117. The molecule has 1 fully saturated rings. The van der Waals surface area contributed by atoms with E-state index in [-0.39, 0.29) is 23.8 Å². The number of pyridine rings is 1. The maximum absolute atomic E-state index is 12.8. The minimum Gasteiger partial charge on any atom is -0.341 e. The summed E-state index contributed by atoms with van der Waals surface area (Å²) in [5.41, 5.74) is 1.02. The van der Waals surface area contributed by atoms with Crippen LogP contribution in [0.15, 0.2) is 24.5 Å². The van der Waals surface area contributed by atoms with Crippen molar-refractivity contribution in [3.8, 4) is 0 Å². The van der Waals surface area contributed by atoms with Crippen molar-refractivity contribution in [2.75, 3.05) is 13.6 Å². The molecule has 1 aliphatic rings. The minimum absolute atomic E-state index is 0.0394. The summed E-state index contributed by atoms with van der Waals surface area (Å²) in [5.74, 6) is 0.573. The van der Waals surface area contributed by atoms with Gasteiger partial charge in [0.1, 0.15) is 0 Å². The normalized spacial score (nSPS) is 21.6. The Kier molecular flexibility index (Phi) is 5.74. The molecule has 126 valence electrons.